The van der Waals surface area contributed by atoms with Gasteiger partial charge in [-0.15, -0.1) is 6.42 Å². The summed E-state index contributed by atoms with van der Waals surface area (Å²) in [7, 11) is -3.64. The minimum Gasteiger partial charge on any atom is -0.302 e. The minimum atomic E-state index is -3.64. The molecule has 0 spiro atoms. The number of piperidine rings is 1. The number of rotatable bonds is 4. The van der Waals surface area contributed by atoms with E-state index in [4.69, 9.17) is 6.42 Å². The Hall–Kier alpha value is -2.87. The summed E-state index contributed by atoms with van der Waals surface area (Å²) in [6.45, 7) is 2.98. The van der Waals surface area contributed by atoms with E-state index in [1.807, 2.05) is 0 Å². The largest absolute Gasteiger partial charge is 0.302 e. The first-order valence-corrected chi connectivity index (χ1v) is 12.6. The number of carbonyl (C=O) groups is 1. The fourth-order valence-electron chi connectivity index (χ4n) is 3.75. The van der Waals surface area contributed by atoms with E-state index < -0.39 is 27.6 Å². The Bertz CT molecular complexity index is 1430. The molecule has 0 radical (unpaired) electrons. The molecule has 1 aliphatic rings. The van der Waals surface area contributed by atoms with Gasteiger partial charge in [0.1, 0.15) is 5.82 Å². The summed E-state index contributed by atoms with van der Waals surface area (Å²) in [5.74, 6) is 0.685. The molecular weight excluding hydrogens is 468 g/mol. The molecule has 1 fully saturated rings. The van der Waals surface area contributed by atoms with E-state index in [1.54, 1.807) is 0 Å². The van der Waals surface area contributed by atoms with Gasteiger partial charge in [-0.25, -0.2) is 17.2 Å². The summed E-state index contributed by atoms with van der Waals surface area (Å²) in [5, 5.41) is 0. The van der Waals surface area contributed by atoms with Gasteiger partial charge in [-0.1, -0.05) is 24.2 Å². The number of nitrogens with zero attached hydrogens (tertiary/aromatic N) is 3. The number of hydrogen-bond donors (Lipinski definition) is 0. The highest BCUT2D eigenvalue weighted by atomic mass is 32.2. The lowest BCUT2D eigenvalue weighted by atomic mass is 10.0. The average Bonchev–Trinajstić information content (AvgIpc) is 3.11. The maximum Gasteiger partial charge on any atom is 0.279 e. The lowest BCUT2D eigenvalue weighted by Gasteiger charge is -2.29. The predicted octanol–water partition coefficient (Wildman–Crippen LogP) is 3.78. The van der Waals surface area contributed by atoms with Gasteiger partial charge < -0.3 is 4.57 Å². The first-order valence-electron chi connectivity index (χ1n) is 10.3. The van der Waals surface area contributed by atoms with Crippen molar-refractivity contribution in [3.05, 3.63) is 58.4 Å². The van der Waals surface area contributed by atoms with Crippen molar-refractivity contribution in [2.24, 2.45) is 10.9 Å². The summed E-state index contributed by atoms with van der Waals surface area (Å²) >= 11 is 0.939. The zero-order valence-corrected chi connectivity index (χ0v) is 19.4. The number of sulfonamides is 1. The molecule has 1 saturated heterocycles. The van der Waals surface area contributed by atoms with Gasteiger partial charge in [-0.2, -0.15) is 9.30 Å². The second-order valence-electron chi connectivity index (χ2n) is 7.94. The molecule has 0 N–H and O–H groups in total. The molecule has 4 rings (SSSR count). The summed E-state index contributed by atoms with van der Waals surface area (Å²) < 4.78 is 56.7. The van der Waals surface area contributed by atoms with Gasteiger partial charge in [0, 0.05) is 24.7 Å². The summed E-state index contributed by atoms with van der Waals surface area (Å²) in [5.41, 5.74) is 0.237. The zero-order chi connectivity index (χ0) is 23.8. The molecule has 3 aromatic rings. The predicted molar refractivity (Wildman–Crippen MR) is 122 cm³/mol. The van der Waals surface area contributed by atoms with E-state index in [2.05, 4.69) is 17.8 Å². The van der Waals surface area contributed by atoms with Gasteiger partial charge >= 0.3 is 0 Å². The van der Waals surface area contributed by atoms with Crippen LogP contribution in [0.5, 0.6) is 0 Å². The number of thiazole rings is 1. The number of terminal acetylenes is 1. The van der Waals surface area contributed by atoms with Crippen LogP contribution in [0.1, 0.15) is 30.1 Å². The topological polar surface area (TPSA) is 71.7 Å². The van der Waals surface area contributed by atoms with Crippen LogP contribution in [0, 0.1) is 29.9 Å². The van der Waals surface area contributed by atoms with E-state index >= 15 is 0 Å². The van der Waals surface area contributed by atoms with Crippen molar-refractivity contribution in [3.63, 3.8) is 0 Å². The van der Waals surface area contributed by atoms with Crippen molar-refractivity contribution >= 4 is 37.5 Å². The molecule has 10 heteroatoms. The van der Waals surface area contributed by atoms with Crippen LogP contribution in [0.3, 0.4) is 0 Å². The average molecular weight is 490 g/mol. The molecular formula is C23H21F2N3O3S2. The van der Waals surface area contributed by atoms with Crippen molar-refractivity contribution in [1.82, 2.24) is 8.87 Å². The number of halogens is 2. The molecule has 1 amide bonds. The van der Waals surface area contributed by atoms with E-state index in [1.165, 1.54) is 33.1 Å². The van der Waals surface area contributed by atoms with Crippen LogP contribution in [0.4, 0.5) is 8.78 Å². The first-order chi connectivity index (χ1) is 15.7. The first kappa shape index (κ1) is 23.3. The Morgan fingerprint density at radius 3 is 2.52 bits per heavy atom. The van der Waals surface area contributed by atoms with Crippen LogP contribution in [0.2, 0.25) is 0 Å². The van der Waals surface area contributed by atoms with Crippen LogP contribution in [-0.4, -0.2) is 36.3 Å². The van der Waals surface area contributed by atoms with Gasteiger partial charge in [0.15, 0.2) is 10.6 Å². The third-order valence-electron chi connectivity index (χ3n) is 5.62. The maximum absolute atomic E-state index is 14.3. The lowest BCUT2D eigenvalue weighted by Crippen LogP contribution is -2.37. The third-order valence-corrected chi connectivity index (χ3v) is 8.56. The third kappa shape index (κ3) is 4.62. The summed E-state index contributed by atoms with van der Waals surface area (Å²) in [4.78, 5) is 17.0. The van der Waals surface area contributed by atoms with Crippen molar-refractivity contribution in [2.75, 3.05) is 13.1 Å². The molecule has 2 heterocycles. The molecule has 0 unspecified atom stereocenters. The Labute approximate surface area is 194 Å². The number of hydrogen-bond acceptors (Lipinski definition) is 4. The fraction of sp³-hybridized carbons (Fsp3) is 0.304. The number of benzene rings is 2. The molecule has 1 aliphatic heterocycles. The molecule has 0 saturated carbocycles. The highest BCUT2D eigenvalue weighted by Gasteiger charge is 2.28. The van der Waals surface area contributed by atoms with Crippen LogP contribution in [-0.2, 0) is 16.6 Å². The molecule has 0 bridgehead atoms. The molecule has 33 heavy (non-hydrogen) atoms. The molecule has 0 atom stereocenters. The minimum absolute atomic E-state index is 0.0553. The second kappa shape index (κ2) is 9.17. The van der Waals surface area contributed by atoms with Crippen molar-refractivity contribution in [1.29, 1.82) is 0 Å². The Morgan fingerprint density at radius 1 is 1.21 bits per heavy atom. The van der Waals surface area contributed by atoms with Gasteiger partial charge in [0.05, 0.1) is 21.7 Å². The normalized spacial score (nSPS) is 16.2. The van der Waals surface area contributed by atoms with Gasteiger partial charge in [0.2, 0.25) is 10.0 Å². The maximum atomic E-state index is 14.3. The summed E-state index contributed by atoms with van der Waals surface area (Å²) in [6.07, 6.45) is 7.00. The molecule has 1 aromatic heterocycles. The molecule has 172 valence electrons. The van der Waals surface area contributed by atoms with Gasteiger partial charge in [-0.3, -0.25) is 4.79 Å². The van der Waals surface area contributed by atoms with Crippen molar-refractivity contribution < 1.29 is 22.0 Å². The SMILES string of the molecule is C#CCn1c(=NC(=O)c2ccc(S(=O)(=O)N3CCC(C)CC3)cc2)sc2cc(F)cc(F)c21. The van der Waals surface area contributed by atoms with E-state index in [9.17, 15) is 22.0 Å². The Kier molecular flexibility index (Phi) is 6.47. The fourth-order valence-corrected chi connectivity index (χ4v) is 6.28. The number of carbonyl (C=O) groups excluding carboxylic acids is 1. The standard InChI is InChI=1S/C23H21F2N3O3S2/c1-3-10-28-21-19(25)13-17(24)14-20(21)32-23(28)26-22(29)16-4-6-18(7-5-16)33(30,31)27-11-8-15(2)9-12-27/h1,4-7,13-15H,8-12H2,2H3. The number of amides is 1. The van der Waals surface area contributed by atoms with E-state index in [-0.39, 0.29) is 32.0 Å². The summed E-state index contributed by atoms with van der Waals surface area (Å²) in [6, 6.07) is 7.45. The Balaban J connectivity index is 1.66. The molecule has 0 aliphatic carbocycles. The van der Waals surface area contributed by atoms with E-state index in [0.29, 0.717) is 19.0 Å². The van der Waals surface area contributed by atoms with E-state index in [0.717, 1.165) is 36.3 Å². The highest BCUT2D eigenvalue weighted by Crippen LogP contribution is 2.24. The second-order valence-corrected chi connectivity index (χ2v) is 10.9. The quantitative estimate of drug-likeness (QED) is 0.524. The number of fused-ring (bicyclic) bond motifs is 1. The van der Waals surface area contributed by atoms with Crippen LogP contribution in [0.15, 0.2) is 46.3 Å². The van der Waals surface area contributed by atoms with Gasteiger partial charge in [0.25, 0.3) is 5.91 Å². The smallest absolute Gasteiger partial charge is 0.279 e. The highest BCUT2D eigenvalue weighted by molar-refractivity contribution is 7.89. The monoisotopic (exact) mass is 489 g/mol. The zero-order valence-electron chi connectivity index (χ0n) is 17.8. The van der Waals surface area contributed by atoms with Crippen molar-refractivity contribution in [3.8, 4) is 12.3 Å². The van der Waals surface area contributed by atoms with Gasteiger partial charge in [-0.05, 0) is 49.1 Å². The lowest BCUT2D eigenvalue weighted by molar-refractivity contribution is 0.0997. The number of aromatic nitrogens is 1. The van der Waals surface area contributed by atoms with Crippen LogP contribution in [0.25, 0.3) is 10.2 Å². The molecule has 2 aromatic carbocycles. The van der Waals surface area contributed by atoms with Crippen LogP contribution >= 0.6 is 11.3 Å². The molecule has 6 nitrogen and oxygen atoms in total. The van der Waals surface area contributed by atoms with Crippen molar-refractivity contribution in [2.45, 2.75) is 31.2 Å². The van der Waals surface area contributed by atoms with Crippen LogP contribution < -0.4 is 4.80 Å². The Morgan fingerprint density at radius 2 is 1.88 bits per heavy atom.